The van der Waals surface area contributed by atoms with E-state index in [1.807, 2.05) is 0 Å². The number of hydrogen-bond acceptors (Lipinski definition) is 4. The summed E-state index contributed by atoms with van der Waals surface area (Å²) < 4.78 is 41.3. The Morgan fingerprint density at radius 2 is 1.81 bits per heavy atom. The van der Waals surface area contributed by atoms with Gasteiger partial charge in [-0.15, -0.1) is 0 Å². The molecule has 0 bridgehead atoms. The lowest BCUT2D eigenvalue weighted by Crippen LogP contribution is -1.95. The van der Waals surface area contributed by atoms with Gasteiger partial charge in [0.2, 0.25) is 0 Å². The molecule has 0 spiro atoms. The van der Waals surface area contributed by atoms with Gasteiger partial charge in [0.25, 0.3) is 0 Å². The number of aliphatic imine (C=N–C) groups is 1. The molecule has 0 atom stereocenters. The van der Waals surface area contributed by atoms with Crippen LogP contribution in [0.15, 0.2) is 52.4 Å². The number of ether oxygens (including phenoxy) is 1. The molecule has 21 heavy (non-hydrogen) atoms. The van der Waals surface area contributed by atoms with Crippen molar-refractivity contribution in [1.82, 2.24) is 0 Å². The predicted molar refractivity (Wildman–Crippen MR) is 79.8 cm³/mol. The van der Waals surface area contributed by atoms with Gasteiger partial charge in [0.15, 0.2) is 9.84 Å². The van der Waals surface area contributed by atoms with Crippen LogP contribution in [0.5, 0.6) is 5.75 Å². The minimum Gasteiger partial charge on any atom is -0.497 e. The van der Waals surface area contributed by atoms with E-state index < -0.39 is 15.7 Å². The minimum atomic E-state index is -3.23. The maximum atomic E-state index is 13.7. The second kappa shape index (κ2) is 6.05. The van der Waals surface area contributed by atoms with Crippen LogP contribution in [0.1, 0.15) is 5.56 Å². The number of nitrogens with zero attached hydrogens (tertiary/aromatic N) is 1. The van der Waals surface area contributed by atoms with Crippen molar-refractivity contribution in [3.63, 3.8) is 0 Å². The van der Waals surface area contributed by atoms with Gasteiger partial charge in [-0.1, -0.05) is 0 Å². The number of benzene rings is 2. The van der Waals surface area contributed by atoms with Gasteiger partial charge in [-0.2, -0.15) is 0 Å². The molecule has 0 saturated heterocycles. The fraction of sp³-hybridized carbons (Fsp3) is 0.133. The maximum Gasteiger partial charge on any atom is 0.175 e. The molecular weight excluding hydrogens is 293 g/mol. The van der Waals surface area contributed by atoms with Gasteiger partial charge in [0, 0.05) is 24.1 Å². The fourth-order valence-electron chi connectivity index (χ4n) is 1.66. The van der Waals surface area contributed by atoms with E-state index in [4.69, 9.17) is 4.74 Å². The van der Waals surface area contributed by atoms with Crippen molar-refractivity contribution in [2.45, 2.75) is 4.90 Å². The normalized spacial score (nSPS) is 11.8. The topological polar surface area (TPSA) is 55.7 Å². The third kappa shape index (κ3) is 3.88. The average molecular weight is 307 g/mol. The summed E-state index contributed by atoms with van der Waals surface area (Å²) in [4.78, 5) is 4.33. The first kappa shape index (κ1) is 15.2. The van der Waals surface area contributed by atoms with E-state index in [0.717, 1.165) is 6.26 Å². The van der Waals surface area contributed by atoms with Gasteiger partial charge in [-0.3, -0.25) is 4.99 Å². The molecule has 110 valence electrons. The van der Waals surface area contributed by atoms with Crippen molar-refractivity contribution in [2.75, 3.05) is 13.4 Å². The van der Waals surface area contributed by atoms with Gasteiger partial charge in [-0.25, -0.2) is 12.8 Å². The Labute approximate surface area is 122 Å². The van der Waals surface area contributed by atoms with Gasteiger partial charge in [0.05, 0.1) is 17.7 Å². The summed E-state index contributed by atoms with van der Waals surface area (Å²) in [7, 11) is -1.76. The molecule has 0 aromatic heterocycles. The molecule has 0 aliphatic rings. The zero-order valence-electron chi connectivity index (χ0n) is 11.6. The van der Waals surface area contributed by atoms with Crippen molar-refractivity contribution in [3.05, 3.63) is 53.8 Å². The Hall–Kier alpha value is -2.21. The number of sulfone groups is 1. The summed E-state index contributed by atoms with van der Waals surface area (Å²) in [5.41, 5.74) is 0.862. The second-order valence-corrected chi connectivity index (χ2v) is 6.43. The Balaban J connectivity index is 2.22. The fourth-order valence-corrected chi connectivity index (χ4v) is 2.29. The van der Waals surface area contributed by atoms with Gasteiger partial charge in [0.1, 0.15) is 11.6 Å². The Morgan fingerprint density at radius 3 is 2.33 bits per heavy atom. The van der Waals surface area contributed by atoms with Crippen LogP contribution in [0.2, 0.25) is 0 Å². The lowest BCUT2D eigenvalue weighted by molar-refractivity contribution is 0.411. The quantitative estimate of drug-likeness (QED) is 0.816. The third-order valence-electron chi connectivity index (χ3n) is 2.83. The Kier molecular flexibility index (Phi) is 4.37. The van der Waals surface area contributed by atoms with E-state index in [1.165, 1.54) is 31.5 Å². The summed E-state index contributed by atoms with van der Waals surface area (Å²) in [5.74, 6) is -0.00647. The lowest BCUT2D eigenvalue weighted by atomic mass is 10.2. The standard InChI is InChI=1S/C15H14FNO3S/c1-20-13-6-3-11(15(16)9-13)10-17-12-4-7-14(8-5-12)21(2,18)19/h3-10H,1-2H3. The van der Waals surface area contributed by atoms with Crippen molar-refractivity contribution < 1.29 is 17.5 Å². The highest BCUT2D eigenvalue weighted by atomic mass is 32.2. The van der Waals surface area contributed by atoms with Gasteiger partial charge >= 0.3 is 0 Å². The van der Waals surface area contributed by atoms with Crippen molar-refractivity contribution >= 4 is 21.7 Å². The monoisotopic (exact) mass is 307 g/mol. The molecule has 6 heteroatoms. The van der Waals surface area contributed by atoms with E-state index in [9.17, 15) is 12.8 Å². The summed E-state index contributed by atoms with van der Waals surface area (Å²) in [6.45, 7) is 0. The molecule has 0 radical (unpaired) electrons. The summed E-state index contributed by atoms with van der Waals surface area (Å²) >= 11 is 0. The summed E-state index contributed by atoms with van der Waals surface area (Å²) in [6.07, 6.45) is 2.52. The molecule has 0 fully saturated rings. The first-order valence-electron chi connectivity index (χ1n) is 6.08. The van der Waals surface area contributed by atoms with Crippen LogP contribution in [0.4, 0.5) is 10.1 Å². The highest BCUT2D eigenvalue weighted by molar-refractivity contribution is 7.90. The van der Waals surface area contributed by atoms with E-state index in [2.05, 4.69) is 4.99 Å². The van der Waals surface area contributed by atoms with Crippen molar-refractivity contribution in [3.8, 4) is 5.75 Å². The number of hydrogen-bond donors (Lipinski definition) is 0. The Bertz CT molecular complexity index is 768. The minimum absolute atomic E-state index is 0.220. The molecule has 0 saturated carbocycles. The SMILES string of the molecule is COc1ccc(C=Nc2ccc(S(C)(=O)=O)cc2)c(F)c1. The smallest absolute Gasteiger partial charge is 0.175 e. The first-order chi connectivity index (χ1) is 9.90. The molecule has 0 aliphatic heterocycles. The molecule has 2 rings (SSSR count). The van der Waals surface area contributed by atoms with E-state index in [1.54, 1.807) is 24.3 Å². The molecule has 0 aliphatic carbocycles. The molecule has 0 N–H and O–H groups in total. The maximum absolute atomic E-state index is 13.7. The van der Waals surface area contributed by atoms with Crippen LogP contribution >= 0.6 is 0 Å². The molecule has 0 heterocycles. The molecule has 4 nitrogen and oxygen atoms in total. The van der Waals surface area contributed by atoms with Crippen LogP contribution < -0.4 is 4.74 Å². The number of rotatable bonds is 4. The highest BCUT2D eigenvalue weighted by Gasteiger charge is 2.06. The molecule has 0 unspecified atom stereocenters. The number of halogens is 1. The Morgan fingerprint density at radius 1 is 1.14 bits per heavy atom. The average Bonchev–Trinajstić information content (AvgIpc) is 2.45. The van der Waals surface area contributed by atoms with E-state index in [0.29, 0.717) is 17.0 Å². The van der Waals surface area contributed by atoms with Crippen LogP contribution in [0.25, 0.3) is 0 Å². The third-order valence-corrected chi connectivity index (χ3v) is 3.95. The molecule has 0 amide bonds. The molecular formula is C15H14FNO3S. The molecule has 2 aromatic carbocycles. The predicted octanol–water partition coefficient (Wildman–Crippen LogP) is 2.99. The van der Waals surface area contributed by atoms with E-state index >= 15 is 0 Å². The van der Waals surface area contributed by atoms with Crippen LogP contribution in [-0.2, 0) is 9.84 Å². The first-order valence-corrected chi connectivity index (χ1v) is 7.97. The lowest BCUT2D eigenvalue weighted by Gasteiger charge is -2.02. The zero-order valence-corrected chi connectivity index (χ0v) is 12.4. The summed E-state index contributed by atoms with van der Waals surface area (Å²) in [6, 6.07) is 10.5. The molecule has 2 aromatic rings. The van der Waals surface area contributed by atoms with Crippen molar-refractivity contribution in [2.24, 2.45) is 4.99 Å². The van der Waals surface area contributed by atoms with Gasteiger partial charge in [-0.05, 0) is 36.4 Å². The van der Waals surface area contributed by atoms with Gasteiger partial charge < -0.3 is 4.74 Å². The van der Waals surface area contributed by atoms with Crippen LogP contribution in [-0.4, -0.2) is 28.0 Å². The summed E-state index contributed by atoms with van der Waals surface area (Å²) in [5, 5.41) is 0. The number of methoxy groups -OCH3 is 1. The van der Waals surface area contributed by atoms with E-state index in [-0.39, 0.29) is 4.90 Å². The highest BCUT2D eigenvalue weighted by Crippen LogP contribution is 2.18. The van der Waals surface area contributed by atoms with Crippen LogP contribution in [0, 0.1) is 5.82 Å². The van der Waals surface area contributed by atoms with Crippen molar-refractivity contribution in [1.29, 1.82) is 0 Å². The second-order valence-electron chi connectivity index (χ2n) is 4.41. The van der Waals surface area contributed by atoms with Crippen LogP contribution in [0.3, 0.4) is 0 Å². The largest absolute Gasteiger partial charge is 0.497 e. The zero-order chi connectivity index (χ0) is 15.5.